The third kappa shape index (κ3) is 3.00. The minimum Gasteiger partial charge on any atom is -0.478 e. The normalized spacial score (nSPS) is 10.4. The minimum atomic E-state index is -1.35. The number of rotatable bonds is 3. The Bertz CT molecular complexity index is 703. The summed E-state index contributed by atoms with van der Waals surface area (Å²) in [5, 5.41) is 17.2. The summed E-state index contributed by atoms with van der Waals surface area (Å²) >= 11 is 5.36. The van der Waals surface area contributed by atoms with Crippen molar-refractivity contribution in [3.63, 3.8) is 0 Å². The zero-order valence-corrected chi connectivity index (χ0v) is 11.0. The molecule has 0 saturated heterocycles. The van der Waals surface area contributed by atoms with Crippen molar-refractivity contribution in [1.82, 2.24) is 0 Å². The van der Waals surface area contributed by atoms with E-state index in [0.717, 1.165) is 30.3 Å². The molecule has 0 aliphatic heterocycles. The molecule has 0 atom stereocenters. The van der Waals surface area contributed by atoms with Gasteiger partial charge in [0.05, 0.1) is 11.1 Å². The number of carboxylic acid groups (broad SMARTS) is 2. The van der Waals surface area contributed by atoms with Crippen molar-refractivity contribution in [3.05, 3.63) is 58.1 Å². The molecule has 0 amide bonds. The van der Waals surface area contributed by atoms with Crippen LogP contribution in [0.5, 0.6) is 0 Å². The van der Waals surface area contributed by atoms with Gasteiger partial charge in [-0.2, -0.15) is 0 Å². The van der Waals surface area contributed by atoms with Crippen LogP contribution in [0.4, 0.5) is 8.78 Å². The van der Waals surface area contributed by atoms with Crippen LogP contribution in [0, 0.1) is 11.6 Å². The maximum absolute atomic E-state index is 13.4. The quantitative estimate of drug-likeness (QED) is 0.848. The van der Waals surface area contributed by atoms with Crippen LogP contribution in [0.3, 0.4) is 0 Å². The van der Waals surface area contributed by atoms with E-state index in [1.54, 1.807) is 0 Å². The third-order valence-corrected chi connectivity index (χ3v) is 3.11. The van der Waals surface area contributed by atoms with Gasteiger partial charge in [0.25, 0.3) is 0 Å². The number of carboxylic acids is 2. The van der Waals surface area contributed by atoms with Crippen molar-refractivity contribution in [3.8, 4) is 11.1 Å². The highest BCUT2D eigenvalue weighted by molar-refractivity contribution is 6.31. The van der Waals surface area contributed by atoms with Gasteiger partial charge in [-0.05, 0) is 41.5 Å². The molecule has 0 bridgehead atoms. The molecule has 2 aromatic carbocycles. The molecule has 0 aromatic heterocycles. The van der Waals surface area contributed by atoms with Crippen molar-refractivity contribution in [2.24, 2.45) is 0 Å². The summed E-state index contributed by atoms with van der Waals surface area (Å²) in [5.41, 5.74) is -0.567. The number of hydrogen-bond acceptors (Lipinski definition) is 2. The smallest absolute Gasteiger partial charge is 0.335 e. The molecule has 2 rings (SSSR count). The second kappa shape index (κ2) is 5.49. The van der Waals surface area contributed by atoms with E-state index < -0.39 is 28.6 Å². The molecule has 0 spiro atoms. The lowest BCUT2D eigenvalue weighted by atomic mass is 9.99. The molecule has 4 nitrogen and oxygen atoms in total. The molecule has 0 saturated carbocycles. The molecular formula is C14H7ClF2O4. The van der Waals surface area contributed by atoms with E-state index in [0.29, 0.717) is 0 Å². The molecule has 0 fully saturated rings. The molecule has 2 N–H and O–H groups in total. The highest BCUT2D eigenvalue weighted by Gasteiger charge is 2.15. The number of aromatic carboxylic acids is 2. The summed E-state index contributed by atoms with van der Waals surface area (Å²) in [6.45, 7) is 0. The summed E-state index contributed by atoms with van der Waals surface area (Å²) in [6.07, 6.45) is 0. The summed E-state index contributed by atoms with van der Waals surface area (Å²) in [4.78, 5) is 22.0. The predicted octanol–water partition coefficient (Wildman–Crippen LogP) is 3.68. The summed E-state index contributed by atoms with van der Waals surface area (Å²) in [6, 6.07) is 5.00. The summed E-state index contributed by atoms with van der Waals surface area (Å²) in [7, 11) is 0. The van der Waals surface area contributed by atoms with Crippen LogP contribution in [0.15, 0.2) is 30.3 Å². The number of carbonyl (C=O) groups is 2. The maximum atomic E-state index is 13.4. The molecular weight excluding hydrogens is 306 g/mol. The van der Waals surface area contributed by atoms with E-state index in [4.69, 9.17) is 21.8 Å². The van der Waals surface area contributed by atoms with Gasteiger partial charge in [0.2, 0.25) is 0 Å². The first kappa shape index (κ1) is 14.9. The topological polar surface area (TPSA) is 74.6 Å². The lowest BCUT2D eigenvalue weighted by Gasteiger charge is -2.07. The molecule has 108 valence electrons. The highest BCUT2D eigenvalue weighted by atomic mass is 35.5. The van der Waals surface area contributed by atoms with Gasteiger partial charge < -0.3 is 10.2 Å². The standard InChI is InChI=1S/C14H7ClF2O4/c15-12-10(16)4-7(5-11(12)17)6-1-8(13(18)19)3-9(2-6)14(20)21/h1-5H,(H,18,19)(H,20,21). The molecule has 0 aliphatic carbocycles. The van der Waals surface area contributed by atoms with E-state index in [9.17, 15) is 18.4 Å². The molecule has 21 heavy (non-hydrogen) atoms. The Morgan fingerprint density at radius 1 is 0.810 bits per heavy atom. The van der Waals surface area contributed by atoms with E-state index in [1.807, 2.05) is 0 Å². The van der Waals surface area contributed by atoms with Crippen LogP contribution in [0.2, 0.25) is 5.02 Å². The maximum Gasteiger partial charge on any atom is 0.335 e. The molecule has 0 aliphatic rings. The first-order valence-corrected chi connectivity index (χ1v) is 5.94. The van der Waals surface area contributed by atoms with Crippen LogP contribution >= 0.6 is 11.6 Å². The van der Waals surface area contributed by atoms with Crippen LogP contribution in [-0.2, 0) is 0 Å². The molecule has 0 heterocycles. The molecule has 0 unspecified atom stereocenters. The zero-order valence-electron chi connectivity index (χ0n) is 10.2. The number of hydrogen-bond donors (Lipinski definition) is 2. The van der Waals surface area contributed by atoms with Crippen molar-refractivity contribution in [1.29, 1.82) is 0 Å². The van der Waals surface area contributed by atoms with Crippen molar-refractivity contribution >= 4 is 23.5 Å². The first-order chi connectivity index (χ1) is 9.79. The summed E-state index contributed by atoms with van der Waals surface area (Å²) in [5.74, 6) is -4.75. The lowest BCUT2D eigenvalue weighted by molar-refractivity contribution is 0.0696. The van der Waals surface area contributed by atoms with Crippen molar-refractivity contribution in [2.75, 3.05) is 0 Å². The van der Waals surface area contributed by atoms with Gasteiger partial charge in [-0.25, -0.2) is 18.4 Å². The molecule has 2 aromatic rings. The van der Waals surface area contributed by atoms with Gasteiger partial charge in [-0.15, -0.1) is 0 Å². The van der Waals surface area contributed by atoms with Gasteiger partial charge >= 0.3 is 11.9 Å². The van der Waals surface area contributed by atoms with Gasteiger partial charge in [0.1, 0.15) is 16.7 Å². The fraction of sp³-hybridized carbons (Fsp3) is 0. The Hall–Kier alpha value is -2.47. The fourth-order valence-electron chi connectivity index (χ4n) is 1.76. The Balaban J connectivity index is 2.68. The Morgan fingerprint density at radius 2 is 1.19 bits per heavy atom. The largest absolute Gasteiger partial charge is 0.478 e. The minimum absolute atomic E-state index is 0.0139. The van der Waals surface area contributed by atoms with Gasteiger partial charge in [-0.1, -0.05) is 11.6 Å². The van der Waals surface area contributed by atoms with Crippen LogP contribution < -0.4 is 0 Å². The van der Waals surface area contributed by atoms with E-state index in [1.165, 1.54) is 0 Å². The average Bonchev–Trinajstić information content (AvgIpc) is 2.43. The molecule has 0 radical (unpaired) electrons. The van der Waals surface area contributed by atoms with Crippen LogP contribution in [0.1, 0.15) is 20.7 Å². The number of benzene rings is 2. The zero-order chi connectivity index (χ0) is 15.7. The number of halogens is 3. The summed E-state index contributed by atoms with van der Waals surface area (Å²) < 4.78 is 26.9. The first-order valence-electron chi connectivity index (χ1n) is 5.56. The SMILES string of the molecule is O=C(O)c1cc(C(=O)O)cc(-c2cc(F)c(Cl)c(F)c2)c1. The fourth-order valence-corrected chi connectivity index (χ4v) is 1.87. The molecule has 7 heteroatoms. The lowest BCUT2D eigenvalue weighted by Crippen LogP contribution is -2.03. The van der Waals surface area contributed by atoms with Crippen LogP contribution in [0.25, 0.3) is 11.1 Å². The van der Waals surface area contributed by atoms with E-state index >= 15 is 0 Å². The van der Waals surface area contributed by atoms with Crippen molar-refractivity contribution < 1.29 is 28.6 Å². The monoisotopic (exact) mass is 312 g/mol. The second-order valence-corrected chi connectivity index (χ2v) is 4.54. The Morgan fingerprint density at radius 3 is 1.57 bits per heavy atom. The van der Waals surface area contributed by atoms with E-state index in [-0.39, 0.29) is 22.3 Å². The van der Waals surface area contributed by atoms with E-state index in [2.05, 4.69) is 0 Å². The Kier molecular flexibility index (Phi) is 3.90. The second-order valence-electron chi connectivity index (χ2n) is 4.16. The average molecular weight is 313 g/mol. The predicted molar refractivity (Wildman–Crippen MR) is 70.7 cm³/mol. The Labute approximate surface area is 122 Å². The van der Waals surface area contributed by atoms with Crippen molar-refractivity contribution in [2.45, 2.75) is 0 Å². The van der Waals surface area contributed by atoms with Gasteiger partial charge in [0.15, 0.2) is 0 Å². The van der Waals surface area contributed by atoms with Crippen LogP contribution in [-0.4, -0.2) is 22.2 Å². The van der Waals surface area contributed by atoms with Gasteiger partial charge in [0, 0.05) is 0 Å². The highest BCUT2D eigenvalue weighted by Crippen LogP contribution is 2.28. The third-order valence-electron chi connectivity index (χ3n) is 2.74. The van der Waals surface area contributed by atoms with Gasteiger partial charge in [-0.3, -0.25) is 0 Å².